The van der Waals surface area contributed by atoms with E-state index >= 15 is 0 Å². The smallest absolute Gasteiger partial charge is 0.306 e. The molecule has 6 N–H and O–H groups in total. The Morgan fingerprint density at radius 2 is 0.742 bits per heavy atom. The molecule has 0 saturated carbocycles. The van der Waals surface area contributed by atoms with Crippen molar-refractivity contribution < 1.29 is 49.3 Å². The predicted octanol–water partition coefficient (Wildman–Crippen LogP) is 21.6. The summed E-state index contributed by atoms with van der Waals surface area (Å²) in [6.07, 6.45) is 79.8. The Labute approximate surface area is 573 Å². The van der Waals surface area contributed by atoms with Crippen molar-refractivity contribution in [2.75, 3.05) is 13.2 Å². The van der Waals surface area contributed by atoms with Crippen LogP contribution >= 0.6 is 0 Å². The van der Waals surface area contributed by atoms with Crippen molar-refractivity contribution in [3.63, 3.8) is 0 Å². The van der Waals surface area contributed by atoms with Crippen LogP contribution in [-0.2, 0) is 23.8 Å². The summed E-state index contributed by atoms with van der Waals surface area (Å²) in [6.45, 7) is 5.83. The molecular weight excluding hydrogens is 1160 g/mol. The molecule has 1 fully saturated rings. The van der Waals surface area contributed by atoms with Crippen LogP contribution < -0.4 is 5.32 Å². The summed E-state index contributed by atoms with van der Waals surface area (Å²) in [5, 5.41) is 57.5. The monoisotopic (exact) mass is 1310 g/mol. The van der Waals surface area contributed by atoms with Gasteiger partial charge in [-0.15, -0.1) is 0 Å². The topological polar surface area (TPSA) is 175 Å². The van der Waals surface area contributed by atoms with Gasteiger partial charge in [-0.2, -0.15) is 0 Å². The number of carbonyl (C=O) groups excluding carboxylic acids is 2. The molecule has 8 unspecified atom stereocenters. The third kappa shape index (κ3) is 56.0. The van der Waals surface area contributed by atoms with Gasteiger partial charge in [-0.3, -0.25) is 9.59 Å². The largest absolute Gasteiger partial charge is 0.454 e. The highest BCUT2D eigenvalue weighted by Gasteiger charge is 2.47. The minimum atomic E-state index is -1.61. The zero-order chi connectivity index (χ0) is 67.4. The second-order valence-electron chi connectivity index (χ2n) is 27.8. The minimum Gasteiger partial charge on any atom is -0.454 e. The van der Waals surface area contributed by atoms with Gasteiger partial charge < -0.3 is 45.1 Å². The molecule has 0 aromatic rings. The number of nitrogens with one attached hydrogen (secondary N) is 1. The van der Waals surface area contributed by atoms with Gasteiger partial charge in [0, 0.05) is 6.42 Å². The number of esters is 1. The number of aliphatic hydroxyl groups is 5. The molecule has 1 heterocycles. The Balaban J connectivity index is 2.51. The molecule has 0 bridgehead atoms. The summed E-state index contributed by atoms with van der Waals surface area (Å²) >= 11 is 0. The first-order valence-corrected chi connectivity index (χ1v) is 40.1. The average Bonchev–Trinajstić information content (AvgIpc) is 0.910. The van der Waals surface area contributed by atoms with Crippen LogP contribution in [0, 0.1) is 0 Å². The average molecular weight is 1310 g/mol. The Kier molecular flexibility index (Phi) is 65.8. The lowest BCUT2D eigenvalue weighted by Crippen LogP contribution is -2.61. The number of carbonyl (C=O) groups is 2. The summed E-state index contributed by atoms with van der Waals surface area (Å²) in [6, 6.07) is -1.03. The molecule has 0 aromatic carbocycles. The molecule has 1 aliphatic heterocycles. The van der Waals surface area contributed by atoms with E-state index in [-0.39, 0.29) is 13.0 Å². The number of unbranched alkanes of at least 4 members (excludes halogenated alkanes) is 48. The van der Waals surface area contributed by atoms with Crippen molar-refractivity contribution in [1.82, 2.24) is 5.32 Å². The lowest BCUT2D eigenvalue weighted by atomic mass is 9.99. The SMILES string of the molecule is CCCCC/C=C\C/C=C\C/C=C\CCCCCCCCCCCCCCCC(O)C(=O)NC(COC1OC(CO)C(O)C(O)C1OC(=O)CCCCCCCCCCCCCCCCC/C=C/CCCCCCCC)C(O)/C=C/CCCCCCCCCCCCC. The number of aliphatic hydroxyl groups excluding tert-OH is 5. The number of hydrogen-bond acceptors (Lipinski definition) is 10. The van der Waals surface area contributed by atoms with Crippen molar-refractivity contribution in [2.24, 2.45) is 0 Å². The molecule has 0 aliphatic carbocycles. The molecule has 11 nitrogen and oxygen atoms in total. The van der Waals surface area contributed by atoms with Crippen LogP contribution in [0.1, 0.15) is 387 Å². The third-order valence-corrected chi connectivity index (χ3v) is 18.9. The van der Waals surface area contributed by atoms with Crippen LogP contribution in [0.5, 0.6) is 0 Å². The van der Waals surface area contributed by atoms with E-state index in [1.807, 2.05) is 6.08 Å². The highest BCUT2D eigenvalue weighted by atomic mass is 16.7. The van der Waals surface area contributed by atoms with Crippen molar-refractivity contribution in [3.05, 3.63) is 60.8 Å². The van der Waals surface area contributed by atoms with Gasteiger partial charge in [-0.05, 0) is 89.9 Å². The summed E-state index contributed by atoms with van der Waals surface area (Å²) < 4.78 is 17.8. The van der Waals surface area contributed by atoms with E-state index in [9.17, 15) is 35.1 Å². The van der Waals surface area contributed by atoms with E-state index in [0.29, 0.717) is 19.3 Å². The first-order valence-electron chi connectivity index (χ1n) is 40.1. The van der Waals surface area contributed by atoms with Crippen LogP contribution in [-0.4, -0.2) is 99.6 Å². The predicted molar refractivity (Wildman–Crippen MR) is 393 cm³/mol. The Bertz CT molecular complexity index is 1750. The molecule has 0 spiro atoms. The van der Waals surface area contributed by atoms with Crippen LogP contribution in [0.4, 0.5) is 0 Å². The molecule has 8 atom stereocenters. The molecule has 0 radical (unpaired) electrons. The minimum absolute atomic E-state index is 0.126. The molecule has 93 heavy (non-hydrogen) atoms. The standard InChI is InChI=1S/C82H151NO10/c1-4-7-10-13-16-19-22-25-27-29-31-33-35-37-39-40-42-44-46-48-51-54-57-60-63-66-69-75(86)81(90)83-73(74(85)68-65-62-59-56-53-50-24-21-18-15-12-9-6-3)72-91-82-80(79(89)78(88)76(71-84)92-82)93-77(87)70-67-64-61-58-55-52-49-47-45-43-41-38-36-34-32-30-28-26-23-20-17-14-11-8-5-2/h16,19,25-28,31,33,65,68,73-76,78-80,82,84-86,88-89H,4-15,17-18,20-24,29-30,32,34-64,66-67,69-72H2,1-3H3,(H,83,90)/b19-16-,27-25-,28-26+,33-31-,68-65+. The van der Waals surface area contributed by atoms with Gasteiger partial charge in [0.15, 0.2) is 12.4 Å². The molecule has 11 heteroatoms. The summed E-state index contributed by atoms with van der Waals surface area (Å²) in [5.74, 6) is -1.18. The fourth-order valence-electron chi connectivity index (χ4n) is 12.6. The zero-order valence-corrected chi connectivity index (χ0v) is 60.9. The van der Waals surface area contributed by atoms with E-state index < -0.39 is 67.4 Å². The molecule has 544 valence electrons. The third-order valence-electron chi connectivity index (χ3n) is 18.9. The number of amides is 1. The van der Waals surface area contributed by atoms with Crippen molar-refractivity contribution >= 4 is 11.9 Å². The van der Waals surface area contributed by atoms with Crippen LogP contribution in [0.2, 0.25) is 0 Å². The summed E-state index contributed by atoms with van der Waals surface area (Å²) in [4.78, 5) is 26.8. The van der Waals surface area contributed by atoms with Gasteiger partial charge in [0.25, 0.3) is 0 Å². The van der Waals surface area contributed by atoms with E-state index in [0.717, 1.165) is 70.6 Å². The highest BCUT2D eigenvalue weighted by Crippen LogP contribution is 2.27. The fourth-order valence-corrected chi connectivity index (χ4v) is 12.6. The van der Waals surface area contributed by atoms with E-state index in [1.54, 1.807) is 6.08 Å². The maximum Gasteiger partial charge on any atom is 0.306 e. The molecular formula is C82H151NO10. The van der Waals surface area contributed by atoms with Gasteiger partial charge in [0.05, 0.1) is 25.4 Å². The molecule has 1 rings (SSSR count). The zero-order valence-electron chi connectivity index (χ0n) is 60.9. The first kappa shape index (κ1) is 88.4. The lowest BCUT2D eigenvalue weighted by Gasteiger charge is -2.41. The first-order chi connectivity index (χ1) is 45.7. The van der Waals surface area contributed by atoms with Crippen LogP contribution in [0.3, 0.4) is 0 Å². The Hall–Kier alpha value is -2.64. The summed E-state index contributed by atoms with van der Waals surface area (Å²) in [7, 11) is 0. The second kappa shape index (κ2) is 69.3. The molecule has 1 saturated heterocycles. The van der Waals surface area contributed by atoms with Crippen molar-refractivity contribution in [1.29, 1.82) is 0 Å². The number of allylic oxidation sites excluding steroid dienone is 9. The molecule has 1 amide bonds. The van der Waals surface area contributed by atoms with Crippen LogP contribution in [0.15, 0.2) is 60.8 Å². The quantitative estimate of drug-likeness (QED) is 0.0195. The second-order valence-corrected chi connectivity index (χ2v) is 27.8. The van der Waals surface area contributed by atoms with Crippen molar-refractivity contribution in [3.8, 4) is 0 Å². The normalized spacial score (nSPS) is 18.1. The highest BCUT2D eigenvalue weighted by molar-refractivity contribution is 5.80. The molecule has 0 aromatic heterocycles. The van der Waals surface area contributed by atoms with E-state index in [2.05, 4.69) is 74.7 Å². The van der Waals surface area contributed by atoms with Gasteiger partial charge in [0.1, 0.15) is 24.4 Å². The van der Waals surface area contributed by atoms with Gasteiger partial charge in [-0.25, -0.2) is 0 Å². The number of hydrogen-bond donors (Lipinski definition) is 6. The number of rotatable bonds is 70. The Morgan fingerprint density at radius 1 is 0.419 bits per heavy atom. The summed E-state index contributed by atoms with van der Waals surface area (Å²) in [5.41, 5.74) is 0. The maximum absolute atomic E-state index is 13.5. The lowest BCUT2D eigenvalue weighted by molar-refractivity contribution is -0.305. The van der Waals surface area contributed by atoms with Crippen LogP contribution in [0.25, 0.3) is 0 Å². The maximum atomic E-state index is 13.5. The van der Waals surface area contributed by atoms with Gasteiger partial charge in [-0.1, -0.05) is 351 Å². The number of ether oxygens (including phenoxy) is 3. The van der Waals surface area contributed by atoms with E-state index in [4.69, 9.17) is 14.2 Å². The molecule has 1 aliphatic rings. The van der Waals surface area contributed by atoms with Gasteiger partial charge in [0.2, 0.25) is 5.91 Å². The van der Waals surface area contributed by atoms with E-state index in [1.165, 1.54) is 270 Å². The van der Waals surface area contributed by atoms with Crippen molar-refractivity contribution in [2.45, 2.75) is 436 Å². The van der Waals surface area contributed by atoms with Gasteiger partial charge >= 0.3 is 5.97 Å². The Morgan fingerprint density at radius 3 is 1.14 bits per heavy atom. The fraction of sp³-hybridized carbons (Fsp3) is 0.854.